The predicted octanol–water partition coefficient (Wildman–Crippen LogP) is 3.66. The Kier molecular flexibility index (Phi) is 5.27. The molecule has 1 heterocycles. The van der Waals surface area contributed by atoms with Crippen molar-refractivity contribution in [3.8, 4) is 0 Å². The van der Waals surface area contributed by atoms with Crippen LogP contribution in [-0.2, 0) is 9.59 Å². The first-order chi connectivity index (χ1) is 12.0. The first-order valence-electron chi connectivity index (χ1n) is 7.72. The zero-order valence-corrected chi connectivity index (χ0v) is 15.1. The Hall–Kier alpha value is -2.08. The lowest BCUT2D eigenvalue weighted by Crippen LogP contribution is -2.31. The maximum atomic E-state index is 13.0. The molecule has 0 fully saturated rings. The van der Waals surface area contributed by atoms with Crippen molar-refractivity contribution in [1.29, 1.82) is 0 Å². The number of aryl methyl sites for hydroxylation is 1. The number of rotatable bonds is 5. The molecule has 0 bridgehead atoms. The third kappa shape index (κ3) is 3.49. The average molecular weight is 374 g/mol. The number of amides is 2. The summed E-state index contributed by atoms with van der Waals surface area (Å²) in [6, 6.07) is 14.0. The third-order valence-corrected chi connectivity index (χ3v) is 5.11. The van der Waals surface area contributed by atoms with E-state index in [9.17, 15) is 9.59 Å². The molecule has 6 heteroatoms. The average Bonchev–Trinajstić information content (AvgIpc) is 2.85. The van der Waals surface area contributed by atoms with E-state index >= 15 is 0 Å². The molecule has 0 atom stereocenters. The monoisotopic (exact) mass is 373 g/mol. The summed E-state index contributed by atoms with van der Waals surface area (Å²) in [6.07, 6.45) is 0. The normalized spacial score (nSPS) is 14.6. The number of anilines is 1. The quantitative estimate of drug-likeness (QED) is 0.812. The van der Waals surface area contributed by atoms with Crippen LogP contribution in [0.3, 0.4) is 0 Å². The van der Waals surface area contributed by atoms with E-state index in [0.717, 1.165) is 5.56 Å². The number of hydrogen-bond donors (Lipinski definition) is 1. The molecule has 1 aliphatic rings. The Labute approximate surface area is 155 Å². The zero-order chi connectivity index (χ0) is 18.0. The van der Waals surface area contributed by atoms with Gasteiger partial charge in [0.25, 0.3) is 11.8 Å². The number of nitrogens with zero attached hydrogens (tertiary/aromatic N) is 1. The summed E-state index contributed by atoms with van der Waals surface area (Å²) in [5.41, 5.74) is 2.56. The minimum Gasteiger partial charge on any atom is -0.396 e. The molecule has 25 heavy (non-hydrogen) atoms. The molecule has 3 rings (SSSR count). The van der Waals surface area contributed by atoms with Gasteiger partial charge in [0, 0.05) is 10.8 Å². The second-order valence-electron chi connectivity index (χ2n) is 5.56. The fourth-order valence-corrected chi connectivity index (χ4v) is 3.58. The van der Waals surface area contributed by atoms with E-state index in [-0.39, 0.29) is 18.4 Å². The lowest BCUT2D eigenvalue weighted by molar-refractivity contribution is -0.119. The third-order valence-electron chi connectivity index (χ3n) is 3.80. The van der Waals surface area contributed by atoms with Gasteiger partial charge < -0.3 is 5.11 Å². The van der Waals surface area contributed by atoms with Crippen LogP contribution in [0.1, 0.15) is 11.1 Å². The summed E-state index contributed by atoms with van der Waals surface area (Å²) in [7, 11) is 0. The van der Waals surface area contributed by atoms with Crippen molar-refractivity contribution in [2.45, 2.75) is 6.92 Å². The maximum absolute atomic E-state index is 13.0. The molecule has 0 aromatic heterocycles. The van der Waals surface area contributed by atoms with Gasteiger partial charge in [0.1, 0.15) is 0 Å². The lowest BCUT2D eigenvalue weighted by atomic mass is 10.1. The Morgan fingerprint density at radius 1 is 1.00 bits per heavy atom. The number of hydrogen-bond acceptors (Lipinski definition) is 4. The van der Waals surface area contributed by atoms with Crippen LogP contribution in [0.15, 0.2) is 53.4 Å². The molecule has 0 unspecified atom stereocenters. The number of carbonyl (C=O) groups is 2. The fraction of sp³-hybridized carbons (Fsp3) is 0.158. The molecule has 4 nitrogen and oxygen atoms in total. The van der Waals surface area contributed by atoms with Crippen molar-refractivity contribution < 1.29 is 14.7 Å². The number of aliphatic hydroxyl groups is 1. The number of imide groups is 1. The topological polar surface area (TPSA) is 57.6 Å². The van der Waals surface area contributed by atoms with E-state index in [1.54, 1.807) is 36.4 Å². The Bertz CT molecular complexity index is 844. The summed E-state index contributed by atoms with van der Waals surface area (Å²) in [5, 5.41) is 9.67. The number of carbonyl (C=O) groups excluding carboxylic acids is 2. The highest BCUT2D eigenvalue weighted by molar-refractivity contribution is 8.04. The molecule has 0 radical (unpaired) electrons. The molecule has 1 N–H and O–H groups in total. The number of halogens is 1. The van der Waals surface area contributed by atoms with Gasteiger partial charge in [-0.25, -0.2) is 4.90 Å². The van der Waals surface area contributed by atoms with E-state index in [1.807, 2.05) is 19.1 Å². The second kappa shape index (κ2) is 7.44. The Balaban J connectivity index is 2.05. The van der Waals surface area contributed by atoms with Crippen LogP contribution in [0.2, 0.25) is 5.02 Å². The number of benzene rings is 2. The van der Waals surface area contributed by atoms with E-state index in [0.29, 0.717) is 32.5 Å². The first-order valence-corrected chi connectivity index (χ1v) is 9.08. The molecule has 0 saturated heterocycles. The molecule has 2 amide bonds. The molecular formula is C19H16ClNO3S. The fourth-order valence-electron chi connectivity index (χ4n) is 2.59. The van der Waals surface area contributed by atoms with Gasteiger partial charge in [-0.05, 0) is 36.8 Å². The van der Waals surface area contributed by atoms with Gasteiger partial charge in [-0.15, -0.1) is 11.8 Å². The Morgan fingerprint density at radius 2 is 1.64 bits per heavy atom. The van der Waals surface area contributed by atoms with Crippen LogP contribution in [0.4, 0.5) is 5.69 Å². The van der Waals surface area contributed by atoms with Gasteiger partial charge >= 0.3 is 0 Å². The molecule has 128 valence electrons. The summed E-state index contributed by atoms with van der Waals surface area (Å²) in [5.74, 6) is -0.387. The summed E-state index contributed by atoms with van der Waals surface area (Å²) in [6.45, 7) is 1.87. The van der Waals surface area contributed by atoms with E-state index < -0.39 is 0 Å². The zero-order valence-electron chi connectivity index (χ0n) is 13.5. The molecular weight excluding hydrogens is 358 g/mol. The summed E-state index contributed by atoms with van der Waals surface area (Å²) < 4.78 is 0. The highest BCUT2D eigenvalue weighted by Gasteiger charge is 2.40. The number of aliphatic hydroxyl groups excluding tert-OH is 1. The van der Waals surface area contributed by atoms with Crippen molar-refractivity contribution >= 4 is 46.4 Å². The van der Waals surface area contributed by atoms with Crippen molar-refractivity contribution in [3.63, 3.8) is 0 Å². The van der Waals surface area contributed by atoms with Gasteiger partial charge in [-0.1, -0.05) is 41.4 Å². The Morgan fingerprint density at radius 3 is 2.24 bits per heavy atom. The summed E-state index contributed by atoms with van der Waals surface area (Å²) >= 11 is 7.12. The van der Waals surface area contributed by atoms with Crippen LogP contribution in [0, 0.1) is 6.92 Å². The number of thioether (sulfide) groups is 1. The first kappa shape index (κ1) is 17.7. The molecule has 2 aromatic rings. The van der Waals surface area contributed by atoms with Crippen LogP contribution >= 0.6 is 23.4 Å². The van der Waals surface area contributed by atoms with Gasteiger partial charge in [0.15, 0.2) is 0 Å². The van der Waals surface area contributed by atoms with E-state index in [1.165, 1.54) is 16.7 Å². The lowest BCUT2D eigenvalue weighted by Gasteiger charge is -2.15. The predicted molar refractivity (Wildman–Crippen MR) is 102 cm³/mol. The molecule has 2 aromatic carbocycles. The largest absolute Gasteiger partial charge is 0.396 e. The smallest absolute Gasteiger partial charge is 0.272 e. The van der Waals surface area contributed by atoms with E-state index in [4.69, 9.17) is 16.7 Å². The van der Waals surface area contributed by atoms with Crippen LogP contribution in [-0.4, -0.2) is 29.3 Å². The minimum atomic E-state index is -0.364. The van der Waals surface area contributed by atoms with Gasteiger partial charge in [-0.2, -0.15) is 0 Å². The summed E-state index contributed by atoms with van der Waals surface area (Å²) in [4.78, 5) is 27.4. The van der Waals surface area contributed by atoms with Crippen LogP contribution in [0.25, 0.3) is 5.57 Å². The SMILES string of the molecule is Cc1ccc(N2C(=O)C(SCCO)=C(c3ccc(Cl)cc3)C2=O)cc1. The molecule has 0 aliphatic carbocycles. The van der Waals surface area contributed by atoms with Crippen LogP contribution in [0.5, 0.6) is 0 Å². The van der Waals surface area contributed by atoms with Crippen molar-refractivity contribution in [3.05, 3.63) is 69.6 Å². The minimum absolute atomic E-state index is 0.0753. The van der Waals surface area contributed by atoms with Gasteiger partial charge in [-0.3, -0.25) is 9.59 Å². The molecule has 0 saturated carbocycles. The highest BCUT2D eigenvalue weighted by atomic mass is 35.5. The van der Waals surface area contributed by atoms with Crippen molar-refractivity contribution in [2.24, 2.45) is 0 Å². The standard InChI is InChI=1S/C19H16ClNO3S/c1-12-2-8-15(9-3-12)21-18(23)16(13-4-6-14(20)7-5-13)17(19(21)24)25-11-10-22/h2-9,22H,10-11H2,1H3. The van der Waals surface area contributed by atoms with Crippen LogP contribution < -0.4 is 4.90 Å². The molecule has 0 spiro atoms. The van der Waals surface area contributed by atoms with Gasteiger partial charge in [0.05, 0.1) is 22.8 Å². The van der Waals surface area contributed by atoms with E-state index in [2.05, 4.69) is 0 Å². The van der Waals surface area contributed by atoms with Crippen molar-refractivity contribution in [1.82, 2.24) is 0 Å². The molecule has 1 aliphatic heterocycles. The maximum Gasteiger partial charge on any atom is 0.272 e. The highest BCUT2D eigenvalue weighted by Crippen LogP contribution is 2.38. The second-order valence-corrected chi connectivity index (χ2v) is 7.11. The van der Waals surface area contributed by atoms with Crippen molar-refractivity contribution in [2.75, 3.05) is 17.3 Å². The van der Waals surface area contributed by atoms with Gasteiger partial charge in [0.2, 0.25) is 0 Å².